The number of amides is 1. The van der Waals surface area contributed by atoms with Crippen LogP contribution >= 0.6 is 0 Å². The Morgan fingerprint density at radius 2 is 1.68 bits per heavy atom. The molecule has 216 valence electrons. The normalized spacial score (nSPS) is 17.4. The van der Waals surface area contributed by atoms with Gasteiger partial charge in [-0.2, -0.15) is 0 Å². The summed E-state index contributed by atoms with van der Waals surface area (Å²) in [5.41, 5.74) is 1.30. The second kappa shape index (κ2) is 11.9. The molecule has 1 aromatic carbocycles. The molecule has 2 aromatic heterocycles. The minimum absolute atomic E-state index is 0.0268. The van der Waals surface area contributed by atoms with Crippen LogP contribution in [0.3, 0.4) is 0 Å². The van der Waals surface area contributed by atoms with E-state index in [-0.39, 0.29) is 23.7 Å². The Balaban J connectivity index is 1.82. The lowest BCUT2D eigenvalue weighted by atomic mass is 10.2. The second-order valence-corrected chi connectivity index (χ2v) is 12.5. The van der Waals surface area contributed by atoms with Gasteiger partial charge in [-0.25, -0.2) is 18.4 Å². The SMILES string of the molecule is COc1cccc(OC)c1-n1c(CS(=O)(=O)[C@@H](C)[C@@H](OC(C)C)c2ncc(C)cn2)nnc1C1CCC(=O)N1C. The highest BCUT2D eigenvalue weighted by molar-refractivity contribution is 7.91. The summed E-state index contributed by atoms with van der Waals surface area (Å²) in [6.07, 6.45) is 2.97. The number of benzene rings is 1. The van der Waals surface area contributed by atoms with Gasteiger partial charge in [0.15, 0.2) is 27.3 Å². The van der Waals surface area contributed by atoms with Gasteiger partial charge in [-0.1, -0.05) is 6.07 Å². The molecule has 3 atom stereocenters. The van der Waals surface area contributed by atoms with Crippen LogP contribution in [0, 0.1) is 6.92 Å². The van der Waals surface area contributed by atoms with Crippen LogP contribution in [-0.4, -0.2) is 76.6 Å². The van der Waals surface area contributed by atoms with E-state index in [0.29, 0.717) is 35.9 Å². The third-order valence-electron chi connectivity index (χ3n) is 6.97. The molecule has 4 rings (SSSR count). The van der Waals surface area contributed by atoms with Gasteiger partial charge in [0, 0.05) is 25.9 Å². The molecule has 13 heteroatoms. The average Bonchev–Trinajstić information content (AvgIpc) is 3.47. The van der Waals surface area contributed by atoms with Crippen LogP contribution < -0.4 is 9.47 Å². The molecule has 0 aliphatic carbocycles. The van der Waals surface area contributed by atoms with E-state index in [9.17, 15) is 13.2 Å². The predicted molar refractivity (Wildman–Crippen MR) is 147 cm³/mol. The van der Waals surface area contributed by atoms with Gasteiger partial charge in [-0.15, -0.1) is 10.2 Å². The third kappa shape index (κ3) is 5.80. The van der Waals surface area contributed by atoms with Crippen LogP contribution in [0.4, 0.5) is 0 Å². The fourth-order valence-corrected chi connectivity index (χ4v) is 6.14. The van der Waals surface area contributed by atoms with Crippen molar-refractivity contribution in [2.45, 2.75) is 69.8 Å². The van der Waals surface area contributed by atoms with Gasteiger partial charge in [0.05, 0.1) is 31.6 Å². The highest BCUT2D eigenvalue weighted by atomic mass is 32.2. The quantitative estimate of drug-likeness (QED) is 0.337. The average molecular weight is 573 g/mol. The third-order valence-corrected chi connectivity index (χ3v) is 9.01. The molecule has 0 N–H and O–H groups in total. The lowest BCUT2D eigenvalue weighted by molar-refractivity contribution is -0.127. The van der Waals surface area contributed by atoms with Crippen LogP contribution in [0.25, 0.3) is 5.69 Å². The van der Waals surface area contributed by atoms with Gasteiger partial charge in [0.2, 0.25) is 5.91 Å². The van der Waals surface area contributed by atoms with Crippen LogP contribution in [0.1, 0.15) is 68.8 Å². The number of likely N-dealkylation sites (tertiary alicyclic amines) is 1. The van der Waals surface area contributed by atoms with Crippen molar-refractivity contribution in [2.75, 3.05) is 21.3 Å². The van der Waals surface area contributed by atoms with E-state index in [2.05, 4.69) is 20.2 Å². The molecule has 0 saturated carbocycles. The van der Waals surface area contributed by atoms with Crippen LogP contribution in [0.2, 0.25) is 0 Å². The van der Waals surface area contributed by atoms with E-state index in [0.717, 1.165) is 5.56 Å². The molecule has 0 bridgehead atoms. The van der Waals surface area contributed by atoms with E-state index in [1.165, 1.54) is 14.2 Å². The topological polar surface area (TPSA) is 139 Å². The number of methoxy groups -OCH3 is 2. The summed E-state index contributed by atoms with van der Waals surface area (Å²) in [5, 5.41) is 7.72. The minimum atomic E-state index is -3.91. The first-order chi connectivity index (χ1) is 19.0. The summed E-state index contributed by atoms with van der Waals surface area (Å²) in [7, 11) is 0.820. The maximum atomic E-state index is 14.0. The van der Waals surface area contributed by atoms with E-state index >= 15 is 0 Å². The molecule has 1 amide bonds. The molecular weight excluding hydrogens is 536 g/mol. The number of nitrogens with zero attached hydrogens (tertiary/aromatic N) is 6. The van der Waals surface area contributed by atoms with Crippen molar-refractivity contribution >= 4 is 15.7 Å². The minimum Gasteiger partial charge on any atom is -0.494 e. The Bertz CT molecular complexity index is 1430. The molecule has 40 heavy (non-hydrogen) atoms. The number of aryl methyl sites for hydroxylation is 1. The molecule has 1 saturated heterocycles. The van der Waals surface area contributed by atoms with E-state index in [1.807, 2.05) is 20.8 Å². The molecule has 0 spiro atoms. The summed E-state index contributed by atoms with van der Waals surface area (Å²) in [5.74, 6) is 1.25. The van der Waals surface area contributed by atoms with Crippen molar-refractivity contribution in [1.82, 2.24) is 29.6 Å². The second-order valence-electron chi connectivity index (χ2n) is 10.1. The Morgan fingerprint density at radius 3 is 2.20 bits per heavy atom. The first-order valence-corrected chi connectivity index (χ1v) is 14.8. The van der Waals surface area contributed by atoms with Crippen molar-refractivity contribution in [3.05, 3.63) is 53.6 Å². The number of carbonyl (C=O) groups excluding carboxylic acids is 1. The smallest absolute Gasteiger partial charge is 0.223 e. The monoisotopic (exact) mass is 572 g/mol. The molecule has 1 unspecified atom stereocenters. The van der Waals surface area contributed by atoms with Crippen molar-refractivity contribution < 1.29 is 27.4 Å². The fourth-order valence-electron chi connectivity index (χ4n) is 4.77. The molecule has 3 aromatic rings. The first kappa shape index (κ1) is 29.4. The number of sulfone groups is 1. The zero-order valence-electron chi connectivity index (χ0n) is 23.9. The van der Waals surface area contributed by atoms with E-state index < -0.39 is 33.0 Å². The summed E-state index contributed by atoms with van der Waals surface area (Å²) in [6.45, 7) is 7.10. The molecule has 3 heterocycles. The molecule has 1 fully saturated rings. The number of para-hydroxylation sites is 1. The summed E-state index contributed by atoms with van der Waals surface area (Å²) < 4.78 is 46.9. The van der Waals surface area contributed by atoms with Gasteiger partial charge in [-0.3, -0.25) is 9.36 Å². The Hall–Kier alpha value is -3.58. The number of hydrogen-bond acceptors (Lipinski definition) is 10. The summed E-state index contributed by atoms with van der Waals surface area (Å²) >= 11 is 0. The zero-order chi connectivity index (χ0) is 29.2. The van der Waals surface area contributed by atoms with Crippen molar-refractivity contribution in [3.8, 4) is 17.2 Å². The van der Waals surface area contributed by atoms with E-state index in [4.69, 9.17) is 14.2 Å². The maximum Gasteiger partial charge on any atom is 0.223 e. The highest BCUT2D eigenvalue weighted by Crippen LogP contribution is 2.39. The Kier molecular flexibility index (Phi) is 8.74. The summed E-state index contributed by atoms with van der Waals surface area (Å²) in [4.78, 5) is 22.7. The van der Waals surface area contributed by atoms with Gasteiger partial charge < -0.3 is 19.1 Å². The van der Waals surface area contributed by atoms with Gasteiger partial charge in [0.25, 0.3) is 0 Å². The number of rotatable bonds is 11. The lowest BCUT2D eigenvalue weighted by Crippen LogP contribution is -2.32. The number of carbonyl (C=O) groups is 1. The van der Waals surface area contributed by atoms with Crippen LogP contribution in [-0.2, 0) is 25.1 Å². The van der Waals surface area contributed by atoms with Gasteiger partial charge >= 0.3 is 0 Å². The molecule has 1 aliphatic heterocycles. The largest absolute Gasteiger partial charge is 0.494 e. The standard InChI is InChI=1S/C27H36N6O6S/c1-16(2)39-25(26-28-13-17(3)14-29-26)18(4)40(35,36)15-22-30-31-27(19-11-12-23(34)32(19)5)33(22)24-20(37-6)9-8-10-21(24)38-7/h8-10,13-14,16,18-19,25H,11-12,15H2,1-7H3/t18-,19?,25+/m0/s1. The van der Waals surface area contributed by atoms with Crippen molar-refractivity contribution in [1.29, 1.82) is 0 Å². The molecule has 0 radical (unpaired) electrons. The lowest BCUT2D eigenvalue weighted by Gasteiger charge is -2.26. The molecule has 12 nitrogen and oxygen atoms in total. The maximum absolute atomic E-state index is 14.0. The number of ether oxygens (including phenoxy) is 3. The van der Waals surface area contributed by atoms with Crippen molar-refractivity contribution in [3.63, 3.8) is 0 Å². The molecular formula is C27H36N6O6S. The predicted octanol–water partition coefficient (Wildman–Crippen LogP) is 3.15. The number of aromatic nitrogens is 5. The first-order valence-electron chi connectivity index (χ1n) is 13.0. The summed E-state index contributed by atoms with van der Waals surface area (Å²) in [6, 6.07) is 4.85. The highest BCUT2D eigenvalue weighted by Gasteiger charge is 2.39. The Labute approximate surface area is 234 Å². The fraction of sp³-hybridized carbons (Fsp3) is 0.519. The van der Waals surface area contributed by atoms with Gasteiger partial charge in [-0.05, 0) is 51.8 Å². The number of hydrogen-bond donors (Lipinski definition) is 0. The van der Waals surface area contributed by atoms with E-state index in [1.54, 1.807) is 54.0 Å². The van der Waals surface area contributed by atoms with Crippen LogP contribution in [0.5, 0.6) is 11.5 Å². The molecule has 1 aliphatic rings. The van der Waals surface area contributed by atoms with Crippen LogP contribution in [0.15, 0.2) is 30.6 Å². The Morgan fingerprint density at radius 1 is 1.05 bits per heavy atom. The van der Waals surface area contributed by atoms with Gasteiger partial charge in [0.1, 0.15) is 29.0 Å². The van der Waals surface area contributed by atoms with Crippen molar-refractivity contribution in [2.24, 2.45) is 0 Å². The zero-order valence-corrected chi connectivity index (χ0v) is 24.7.